The Morgan fingerprint density at radius 3 is 2.77 bits per heavy atom. The van der Waals surface area contributed by atoms with Crippen LogP contribution in [0.25, 0.3) is 0 Å². The van der Waals surface area contributed by atoms with Crippen molar-refractivity contribution in [1.29, 1.82) is 0 Å². The highest BCUT2D eigenvalue weighted by Crippen LogP contribution is 2.40. The molecule has 15 heteroatoms. The first kappa shape index (κ1) is 21.2. The molecule has 1 aromatic heterocycles. The molecular weight excluding hydrogens is 452 g/mol. The lowest BCUT2D eigenvalue weighted by Crippen LogP contribution is -2.70. The van der Waals surface area contributed by atoms with Crippen LogP contribution in [-0.2, 0) is 24.0 Å². The molecule has 3 fully saturated rings. The fraction of sp³-hybridized carbons (Fsp3) is 0.500. The smallest absolute Gasteiger partial charge is 0.410 e. The first-order valence-electron chi connectivity index (χ1n) is 9.17. The van der Waals surface area contributed by atoms with E-state index in [1.54, 1.807) is 0 Å². The number of carbonyl (C=O) groups excluding carboxylic acids is 3. The molecule has 0 bridgehead atoms. The van der Waals surface area contributed by atoms with Gasteiger partial charge in [-0.1, -0.05) is 18.0 Å². The van der Waals surface area contributed by atoms with E-state index in [1.165, 1.54) is 10.3 Å². The van der Waals surface area contributed by atoms with Crippen LogP contribution in [0.1, 0.15) is 18.5 Å². The summed E-state index contributed by atoms with van der Waals surface area (Å²) >= 11 is 5.16. The van der Waals surface area contributed by atoms with Crippen molar-refractivity contribution >= 4 is 58.9 Å². The molecule has 1 aromatic rings. The Morgan fingerprint density at radius 1 is 1.48 bits per heavy atom. The maximum Gasteiger partial charge on any atom is 0.410 e. The van der Waals surface area contributed by atoms with Crippen LogP contribution >= 0.6 is 24.2 Å². The van der Waals surface area contributed by atoms with E-state index < -0.39 is 41.6 Å². The lowest BCUT2D eigenvalue weighted by molar-refractivity contribution is -0.153. The number of carboxylic acids is 1. The number of nitrogens with zero attached hydrogens (tertiary/aromatic N) is 4. The number of oxime groups is 1. The van der Waals surface area contributed by atoms with E-state index in [2.05, 4.69) is 28.3 Å². The zero-order valence-electron chi connectivity index (χ0n) is 15.9. The summed E-state index contributed by atoms with van der Waals surface area (Å²) in [4.78, 5) is 58.7. The molecule has 2 aliphatic heterocycles. The van der Waals surface area contributed by atoms with E-state index in [4.69, 9.17) is 15.3 Å². The Labute approximate surface area is 184 Å². The van der Waals surface area contributed by atoms with Crippen LogP contribution in [0.15, 0.2) is 10.5 Å². The zero-order chi connectivity index (χ0) is 22.3. The Hall–Kier alpha value is -3.07. The summed E-state index contributed by atoms with van der Waals surface area (Å²) < 4.78 is 5.99. The second-order valence-electron chi connectivity index (χ2n) is 7.16. The number of hydrogen-bond acceptors (Lipinski definition) is 11. The van der Waals surface area contributed by atoms with Crippen LogP contribution in [0.3, 0.4) is 0 Å². The lowest BCUT2D eigenvalue weighted by Gasteiger charge is -2.44. The summed E-state index contributed by atoms with van der Waals surface area (Å²) in [6.45, 7) is 0.726. The van der Waals surface area contributed by atoms with Crippen molar-refractivity contribution in [1.82, 2.24) is 19.5 Å². The van der Waals surface area contributed by atoms with Crippen molar-refractivity contribution in [3.63, 3.8) is 0 Å². The molecule has 1 saturated carbocycles. The van der Waals surface area contributed by atoms with E-state index in [1.807, 2.05) is 0 Å². The summed E-state index contributed by atoms with van der Waals surface area (Å²) in [5, 5.41) is 17.2. The number of aromatic nitrogens is 1. The number of hydrogen-bond donors (Lipinski definition) is 4. The fourth-order valence-corrected chi connectivity index (χ4v) is 3.97. The number of nitrogens with one attached hydrogen (secondary N) is 1. The number of rotatable bonds is 8. The third-order valence-electron chi connectivity index (χ3n) is 5.11. The third kappa shape index (κ3) is 3.97. The average Bonchev–Trinajstić information content (AvgIpc) is 3.25. The van der Waals surface area contributed by atoms with Gasteiger partial charge in [0, 0.05) is 24.8 Å². The molecule has 2 unspecified atom stereocenters. The second-order valence-corrected chi connectivity index (χ2v) is 8.48. The first-order valence-corrected chi connectivity index (χ1v) is 10.5. The molecule has 3 aliphatic rings. The van der Waals surface area contributed by atoms with Gasteiger partial charge in [-0.3, -0.25) is 13.9 Å². The van der Waals surface area contributed by atoms with E-state index >= 15 is 0 Å². The molecule has 0 spiro atoms. The van der Waals surface area contributed by atoms with E-state index in [0.717, 1.165) is 15.6 Å². The van der Waals surface area contributed by atoms with Crippen molar-refractivity contribution in [3.8, 4) is 0 Å². The normalized spacial score (nSPS) is 24.5. The molecule has 2 atom stereocenters. The van der Waals surface area contributed by atoms with Gasteiger partial charge in [0.1, 0.15) is 18.3 Å². The SMILES string of the molecule is Nc1nc(/C(=N/OC2(C(=O)O)CC2)C(=O)NC2C(=O)N(S)C2CN2CCOC2=O)cs1. The molecule has 3 amide bonds. The molecule has 31 heavy (non-hydrogen) atoms. The van der Waals surface area contributed by atoms with Gasteiger partial charge in [-0.25, -0.2) is 14.6 Å². The number of carboxylic acid groups (broad SMARTS) is 1. The maximum atomic E-state index is 12.9. The van der Waals surface area contributed by atoms with Gasteiger partial charge in [-0.15, -0.1) is 11.3 Å². The Bertz CT molecular complexity index is 977. The van der Waals surface area contributed by atoms with Crippen LogP contribution in [0.4, 0.5) is 9.93 Å². The number of nitrogens with two attached hydrogens (primary N) is 1. The van der Waals surface area contributed by atoms with Gasteiger partial charge in [0.15, 0.2) is 10.8 Å². The molecule has 4 N–H and O–H groups in total. The number of amides is 3. The van der Waals surface area contributed by atoms with Crippen LogP contribution in [0.5, 0.6) is 0 Å². The molecule has 13 nitrogen and oxygen atoms in total. The standard InChI is InChI=1S/C16H18N6O7S2/c17-14-18-7(6-31-14)9(20-29-16(1-2-16)13(25)26)11(23)19-10-8(22(30)12(10)24)5-21-3-4-28-15(21)27/h6,8,10,30H,1-5H2,(H2,17,18)(H,19,23)(H,25,26)/b20-9-. The summed E-state index contributed by atoms with van der Waals surface area (Å²) in [6, 6.07) is -1.57. The van der Waals surface area contributed by atoms with Gasteiger partial charge in [0.2, 0.25) is 5.60 Å². The number of ether oxygens (including phenoxy) is 1. The van der Waals surface area contributed by atoms with E-state index in [0.29, 0.717) is 6.54 Å². The summed E-state index contributed by atoms with van der Waals surface area (Å²) in [6.07, 6.45) is -0.00368. The lowest BCUT2D eigenvalue weighted by atomic mass is 9.97. The predicted octanol–water partition coefficient (Wildman–Crippen LogP) is -0.944. The highest BCUT2D eigenvalue weighted by atomic mass is 32.1. The number of aliphatic carboxylic acids is 1. The first-order chi connectivity index (χ1) is 14.7. The number of β-lactam (4-membered cyclic amide) rings is 1. The Balaban J connectivity index is 1.50. The summed E-state index contributed by atoms with van der Waals surface area (Å²) in [5.74, 6) is -2.47. The van der Waals surface area contributed by atoms with Crippen LogP contribution < -0.4 is 11.1 Å². The Morgan fingerprint density at radius 2 is 2.23 bits per heavy atom. The van der Waals surface area contributed by atoms with Crippen LogP contribution in [0.2, 0.25) is 0 Å². The van der Waals surface area contributed by atoms with Gasteiger partial charge in [0.05, 0.1) is 12.6 Å². The van der Waals surface area contributed by atoms with E-state index in [-0.39, 0.29) is 42.5 Å². The topological polar surface area (TPSA) is 177 Å². The molecule has 0 aromatic carbocycles. The van der Waals surface area contributed by atoms with Gasteiger partial charge in [0.25, 0.3) is 11.8 Å². The minimum atomic E-state index is -1.47. The minimum Gasteiger partial charge on any atom is -0.478 e. The summed E-state index contributed by atoms with van der Waals surface area (Å²) in [5.41, 5.74) is 3.92. The largest absolute Gasteiger partial charge is 0.478 e. The number of carbonyl (C=O) groups is 4. The van der Waals surface area contributed by atoms with Gasteiger partial charge >= 0.3 is 12.1 Å². The molecule has 0 radical (unpaired) electrons. The predicted molar refractivity (Wildman–Crippen MR) is 108 cm³/mol. The average molecular weight is 470 g/mol. The number of thiol groups is 1. The monoisotopic (exact) mass is 470 g/mol. The van der Waals surface area contributed by atoms with Crippen LogP contribution in [-0.4, -0.2) is 86.3 Å². The van der Waals surface area contributed by atoms with Crippen molar-refractivity contribution < 1.29 is 33.9 Å². The van der Waals surface area contributed by atoms with Gasteiger partial charge < -0.3 is 30.6 Å². The highest BCUT2D eigenvalue weighted by molar-refractivity contribution is 7.78. The molecule has 3 heterocycles. The van der Waals surface area contributed by atoms with Crippen molar-refractivity contribution in [2.24, 2.45) is 5.16 Å². The van der Waals surface area contributed by atoms with Crippen LogP contribution in [0, 0.1) is 0 Å². The quantitative estimate of drug-likeness (QED) is 0.161. The maximum absolute atomic E-state index is 12.9. The molecule has 166 valence electrons. The van der Waals surface area contributed by atoms with Crippen molar-refractivity contribution in [3.05, 3.63) is 11.1 Å². The molecular formula is C16H18N6O7S2. The fourth-order valence-electron chi connectivity index (χ4n) is 3.09. The Kier molecular flexibility index (Phi) is 5.38. The van der Waals surface area contributed by atoms with Gasteiger partial charge in [-0.2, -0.15) is 0 Å². The number of anilines is 1. The minimum absolute atomic E-state index is 0.0790. The highest BCUT2D eigenvalue weighted by Gasteiger charge is 2.55. The number of thiazole rings is 1. The van der Waals surface area contributed by atoms with E-state index in [9.17, 15) is 24.3 Å². The number of cyclic esters (lactones) is 1. The number of nitrogen functional groups attached to an aromatic ring is 1. The van der Waals surface area contributed by atoms with Gasteiger partial charge in [-0.05, 0) is 0 Å². The third-order valence-corrected chi connectivity index (χ3v) is 6.28. The van der Waals surface area contributed by atoms with Crippen molar-refractivity contribution in [2.45, 2.75) is 30.5 Å². The van der Waals surface area contributed by atoms with Crippen molar-refractivity contribution in [2.75, 3.05) is 25.4 Å². The molecule has 4 rings (SSSR count). The second kappa shape index (κ2) is 7.88. The summed E-state index contributed by atoms with van der Waals surface area (Å²) in [7, 11) is 0. The molecule has 1 aliphatic carbocycles. The molecule has 2 saturated heterocycles. The zero-order valence-corrected chi connectivity index (χ0v) is 17.6.